The standard InChI is InChI=1S/C22H20N2O6S/c1-3-30-21(27)13-8-10-14(11-9-13)23-17(25)12-31-20-18(22(28)29-2)19(26)15-6-4-5-7-16(15)24-20/h4-11,18H,3,12H2,1-2H3,(H,23,25). The van der Waals surface area contributed by atoms with E-state index < -0.39 is 23.6 Å². The highest BCUT2D eigenvalue weighted by Crippen LogP contribution is 2.32. The molecule has 1 aliphatic rings. The van der Waals surface area contributed by atoms with E-state index >= 15 is 0 Å². The van der Waals surface area contributed by atoms with Crippen LogP contribution in [0.2, 0.25) is 0 Å². The van der Waals surface area contributed by atoms with Gasteiger partial charge in [-0.1, -0.05) is 23.9 Å². The number of para-hydroxylation sites is 1. The number of carbonyl (C=O) groups is 4. The van der Waals surface area contributed by atoms with E-state index in [2.05, 4.69) is 10.3 Å². The van der Waals surface area contributed by atoms with E-state index in [0.717, 1.165) is 11.8 Å². The third kappa shape index (κ3) is 5.18. The lowest BCUT2D eigenvalue weighted by Crippen LogP contribution is -2.34. The SMILES string of the molecule is CCOC(=O)c1ccc(NC(=O)CSC2=Nc3ccccc3C(=O)C2C(=O)OC)cc1. The van der Waals surface area contributed by atoms with E-state index in [1.807, 2.05) is 0 Å². The molecule has 1 N–H and O–H groups in total. The number of ketones is 1. The number of amides is 1. The summed E-state index contributed by atoms with van der Waals surface area (Å²) in [4.78, 5) is 53.4. The van der Waals surface area contributed by atoms with Crippen molar-refractivity contribution in [3.05, 3.63) is 59.7 Å². The van der Waals surface area contributed by atoms with Crippen LogP contribution in [-0.4, -0.2) is 48.1 Å². The van der Waals surface area contributed by atoms with Crippen LogP contribution in [0.15, 0.2) is 53.5 Å². The number of hydrogen-bond donors (Lipinski definition) is 1. The second-order valence-corrected chi connectivity index (χ2v) is 7.42. The Kier molecular flexibility index (Phi) is 7.19. The molecule has 8 nitrogen and oxygen atoms in total. The topological polar surface area (TPSA) is 111 Å². The van der Waals surface area contributed by atoms with E-state index in [4.69, 9.17) is 9.47 Å². The Morgan fingerprint density at radius 3 is 2.48 bits per heavy atom. The lowest BCUT2D eigenvalue weighted by atomic mass is 9.94. The van der Waals surface area contributed by atoms with Crippen LogP contribution in [0.5, 0.6) is 0 Å². The molecule has 31 heavy (non-hydrogen) atoms. The number of fused-ring (bicyclic) bond motifs is 1. The molecule has 0 bridgehead atoms. The minimum absolute atomic E-state index is 0.0681. The molecular formula is C22H20N2O6S. The number of methoxy groups -OCH3 is 1. The van der Waals surface area contributed by atoms with Crippen molar-refractivity contribution in [1.29, 1.82) is 0 Å². The van der Waals surface area contributed by atoms with Gasteiger partial charge < -0.3 is 14.8 Å². The van der Waals surface area contributed by atoms with Gasteiger partial charge in [0, 0.05) is 11.3 Å². The molecule has 1 amide bonds. The van der Waals surface area contributed by atoms with Crippen LogP contribution in [-0.2, 0) is 19.1 Å². The molecule has 0 saturated heterocycles. The molecule has 0 spiro atoms. The number of hydrogen-bond acceptors (Lipinski definition) is 8. The van der Waals surface area contributed by atoms with Crippen molar-refractivity contribution in [2.45, 2.75) is 6.92 Å². The van der Waals surface area contributed by atoms with E-state index in [9.17, 15) is 19.2 Å². The van der Waals surface area contributed by atoms with Crippen LogP contribution in [0.4, 0.5) is 11.4 Å². The van der Waals surface area contributed by atoms with Crippen LogP contribution < -0.4 is 5.32 Å². The number of nitrogens with zero attached hydrogens (tertiary/aromatic N) is 1. The van der Waals surface area contributed by atoms with Crippen molar-refractivity contribution in [1.82, 2.24) is 0 Å². The zero-order chi connectivity index (χ0) is 22.4. The van der Waals surface area contributed by atoms with E-state index in [0.29, 0.717) is 22.5 Å². The molecule has 0 radical (unpaired) electrons. The molecule has 1 heterocycles. The minimum atomic E-state index is -1.19. The van der Waals surface area contributed by atoms with Gasteiger partial charge in [-0.05, 0) is 43.3 Å². The highest BCUT2D eigenvalue weighted by Gasteiger charge is 2.38. The maximum atomic E-state index is 12.8. The molecule has 1 aliphatic heterocycles. The Balaban J connectivity index is 1.68. The van der Waals surface area contributed by atoms with Crippen LogP contribution in [0, 0.1) is 5.92 Å². The lowest BCUT2D eigenvalue weighted by molar-refractivity contribution is -0.141. The fourth-order valence-corrected chi connectivity index (χ4v) is 3.80. The van der Waals surface area contributed by atoms with Gasteiger partial charge in [-0.25, -0.2) is 9.79 Å². The van der Waals surface area contributed by atoms with Crippen molar-refractivity contribution in [3.63, 3.8) is 0 Å². The Hall–Kier alpha value is -3.46. The molecular weight excluding hydrogens is 420 g/mol. The fraction of sp³-hybridized carbons (Fsp3) is 0.227. The molecule has 0 fully saturated rings. The van der Waals surface area contributed by atoms with Crippen molar-refractivity contribution >= 4 is 51.8 Å². The number of benzene rings is 2. The third-order valence-electron chi connectivity index (χ3n) is 4.38. The number of carbonyl (C=O) groups excluding carboxylic acids is 4. The predicted octanol–water partition coefficient (Wildman–Crippen LogP) is 3.25. The molecule has 0 saturated carbocycles. The second kappa shape index (κ2) is 10.0. The molecule has 160 valence electrons. The second-order valence-electron chi connectivity index (χ2n) is 6.42. The predicted molar refractivity (Wildman–Crippen MR) is 117 cm³/mol. The summed E-state index contributed by atoms with van der Waals surface area (Å²) in [6.45, 7) is 2.00. The largest absolute Gasteiger partial charge is 0.468 e. The first kappa shape index (κ1) is 22.2. The van der Waals surface area contributed by atoms with Crippen LogP contribution in [0.1, 0.15) is 27.6 Å². The number of thioether (sulfide) groups is 1. The molecule has 0 aromatic heterocycles. The van der Waals surface area contributed by atoms with Crippen molar-refractivity contribution < 1.29 is 28.7 Å². The number of esters is 2. The van der Waals surface area contributed by atoms with Gasteiger partial charge >= 0.3 is 11.9 Å². The Morgan fingerprint density at radius 2 is 1.81 bits per heavy atom. The highest BCUT2D eigenvalue weighted by atomic mass is 32.2. The zero-order valence-electron chi connectivity index (χ0n) is 16.9. The fourth-order valence-electron chi connectivity index (χ4n) is 2.91. The van der Waals surface area contributed by atoms with Crippen LogP contribution in [0.3, 0.4) is 0 Å². The zero-order valence-corrected chi connectivity index (χ0v) is 17.7. The first-order chi connectivity index (χ1) is 14.9. The maximum Gasteiger partial charge on any atom is 0.338 e. The average Bonchev–Trinajstić information content (AvgIpc) is 2.78. The van der Waals surface area contributed by atoms with E-state index in [1.165, 1.54) is 7.11 Å². The van der Waals surface area contributed by atoms with Gasteiger partial charge in [0.1, 0.15) is 0 Å². The normalized spacial score (nSPS) is 14.8. The summed E-state index contributed by atoms with van der Waals surface area (Å²) in [6.07, 6.45) is 0. The summed E-state index contributed by atoms with van der Waals surface area (Å²) in [5, 5.41) is 2.91. The Morgan fingerprint density at radius 1 is 1.10 bits per heavy atom. The quantitative estimate of drug-likeness (QED) is 0.542. The van der Waals surface area contributed by atoms with Gasteiger partial charge in [-0.2, -0.15) is 0 Å². The number of Topliss-reactive ketones (excluding diaryl/α,β-unsaturated/α-hetero) is 1. The highest BCUT2D eigenvalue weighted by molar-refractivity contribution is 8.14. The van der Waals surface area contributed by atoms with Gasteiger partial charge in [0.25, 0.3) is 0 Å². The summed E-state index contributed by atoms with van der Waals surface area (Å²) in [6, 6.07) is 13.0. The number of nitrogens with one attached hydrogen (secondary N) is 1. The van der Waals surface area contributed by atoms with Gasteiger partial charge in [-0.15, -0.1) is 0 Å². The smallest absolute Gasteiger partial charge is 0.338 e. The van der Waals surface area contributed by atoms with Gasteiger partial charge in [0.2, 0.25) is 5.91 Å². The molecule has 1 atom stereocenters. The Labute approximate surface area is 183 Å². The summed E-state index contributed by atoms with van der Waals surface area (Å²) in [5.41, 5.74) is 1.66. The number of aliphatic imine (C=N–C) groups is 1. The first-order valence-corrected chi connectivity index (χ1v) is 10.4. The molecule has 9 heteroatoms. The van der Waals surface area contributed by atoms with E-state index in [1.54, 1.807) is 55.5 Å². The van der Waals surface area contributed by atoms with Gasteiger partial charge in [0.05, 0.1) is 35.8 Å². The van der Waals surface area contributed by atoms with Crippen molar-refractivity contribution in [3.8, 4) is 0 Å². The Bertz CT molecular complexity index is 1050. The third-order valence-corrected chi connectivity index (χ3v) is 5.41. The molecule has 2 aromatic rings. The molecule has 0 aliphatic carbocycles. The van der Waals surface area contributed by atoms with Crippen LogP contribution >= 0.6 is 11.8 Å². The molecule has 2 aromatic carbocycles. The number of rotatable bonds is 6. The summed E-state index contributed by atoms with van der Waals surface area (Å²) >= 11 is 1.00. The van der Waals surface area contributed by atoms with E-state index in [-0.39, 0.29) is 23.3 Å². The summed E-state index contributed by atoms with van der Waals surface area (Å²) < 4.78 is 9.68. The van der Waals surface area contributed by atoms with Gasteiger partial charge in [-0.3, -0.25) is 14.4 Å². The van der Waals surface area contributed by atoms with Gasteiger partial charge in [0.15, 0.2) is 11.7 Å². The monoisotopic (exact) mass is 440 g/mol. The number of ether oxygens (including phenoxy) is 2. The minimum Gasteiger partial charge on any atom is -0.468 e. The maximum absolute atomic E-state index is 12.8. The summed E-state index contributed by atoms with van der Waals surface area (Å²) in [7, 11) is 1.20. The van der Waals surface area contributed by atoms with Crippen LogP contribution in [0.25, 0.3) is 0 Å². The lowest BCUT2D eigenvalue weighted by Gasteiger charge is -2.21. The first-order valence-electron chi connectivity index (χ1n) is 9.44. The van der Waals surface area contributed by atoms with Crippen molar-refractivity contribution in [2.24, 2.45) is 10.9 Å². The summed E-state index contributed by atoms with van der Waals surface area (Å²) in [5.74, 6) is -3.18. The average molecular weight is 440 g/mol. The number of anilines is 1. The molecule has 1 unspecified atom stereocenters. The molecule has 3 rings (SSSR count). The van der Waals surface area contributed by atoms with Crippen molar-refractivity contribution in [2.75, 3.05) is 24.8 Å².